The molecule has 1 fully saturated rings. The van der Waals surface area contributed by atoms with E-state index in [0.29, 0.717) is 6.04 Å². The maximum Gasteiger partial charge on any atom is 0.0741 e. The maximum atomic E-state index is 10.1. The number of rotatable bonds is 1. The van der Waals surface area contributed by atoms with Gasteiger partial charge in [0.15, 0.2) is 0 Å². The molecule has 2 N–H and O–H groups in total. The van der Waals surface area contributed by atoms with E-state index in [1.807, 2.05) is 0 Å². The monoisotopic (exact) mass is 185 g/mol. The summed E-state index contributed by atoms with van der Waals surface area (Å²) in [4.78, 5) is 0. The molecule has 13 heavy (non-hydrogen) atoms. The van der Waals surface area contributed by atoms with Gasteiger partial charge in [-0.2, -0.15) is 0 Å². The third-order valence-corrected chi connectivity index (χ3v) is 2.97. The molecule has 1 heterocycles. The summed E-state index contributed by atoms with van der Waals surface area (Å²) in [6, 6.07) is 0.295. The molecule has 1 aliphatic rings. The van der Waals surface area contributed by atoms with Crippen LogP contribution < -0.4 is 5.32 Å². The lowest BCUT2D eigenvalue weighted by molar-refractivity contribution is 0.0145. The van der Waals surface area contributed by atoms with Crippen LogP contribution in [-0.4, -0.2) is 23.8 Å². The number of hydrogen-bond donors (Lipinski definition) is 2. The van der Waals surface area contributed by atoms with Crippen molar-refractivity contribution >= 4 is 0 Å². The Morgan fingerprint density at radius 3 is 2.46 bits per heavy atom. The first-order valence-corrected chi connectivity index (χ1v) is 5.32. The number of nitrogens with one attached hydrogen (secondary N) is 1. The summed E-state index contributed by atoms with van der Waals surface area (Å²) in [5.41, 5.74) is -0.00523. The number of aliphatic hydroxyl groups excluding tert-OH is 1. The minimum absolute atomic E-state index is 0.00523. The Hall–Kier alpha value is -0.0800. The Morgan fingerprint density at radius 1 is 1.38 bits per heavy atom. The normalized spacial score (nSPS) is 33.0. The van der Waals surface area contributed by atoms with Crippen molar-refractivity contribution < 1.29 is 5.11 Å². The zero-order valence-corrected chi connectivity index (χ0v) is 9.30. The van der Waals surface area contributed by atoms with Crippen LogP contribution in [0.4, 0.5) is 0 Å². The van der Waals surface area contributed by atoms with E-state index in [2.05, 4.69) is 33.0 Å². The molecule has 0 aromatic carbocycles. The van der Waals surface area contributed by atoms with Gasteiger partial charge in [-0.15, -0.1) is 0 Å². The first-order valence-electron chi connectivity index (χ1n) is 5.32. The van der Waals surface area contributed by atoms with Gasteiger partial charge in [0.2, 0.25) is 0 Å². The van der Waals surface area contributed by atoms with E-state index in [1.54, 1.807) is 0 Å². The minimum Gasteiger partial charge on any atom is -0.391 e. The molecule has 2 heteroatoms. The fraction of sp³-hybridized carbons (Fsp3) is 1.00. The zero-order chi connectivity index (χ0) is 10.1. The molecule has 0 radical (unpaired) electrons. The standard InChI is InChI=1S/C11H23NO/c1-8-5-6-12-9(7-8)10(13)11(2,3)4/h8-10,12-13H,5-7H2,1-4H3. The lowest BCUT2D eigenvalue weighted by Crippen LogP contribution is -2.50. The van der Waals surface area contributed by atoms with Gasteiger partial charge in [-0.25, -0.2) is 0 Å². The van der Waals surface area contributed by atoms with Gasteiger partial charge in [-0.05, 0) is 30.7 Å². The molecule has 78 valence electrons. The van der Waals surface area contributed by atoms with E-state index in [9.17, 15) is 5.11 Å². The predicted octanol–water partition coefficient (Wildman–Crippen LogP) is 1.78. The Labute approximate surface area is 81.7 Å². The topological polar surface area (TPSA) is 32.3 Å². The number of aliphatic hydroxyl groups is 1. The van der Waals surface area contributed by atoms with E-state index in [-0.39, 0.29) is 11.5 Å². The van der Waals surface area contributed by atoms with Gasteiger partial charge in [0.1, 0.15) is 0 Å². The molecular weight excluding hydrogens is 162 g/mol. The van der Waals surface area contributed by atoms with Crippen LogP contribution in [0.2, 0.25) is 0 Å². The molecule has 1 saturated heterocycles. The van der Waals surface area contributed by atoms with Crippen LogP contribution in [0.5, 0.6) is 0 Å². The van der Waals surface area contributed by atoms with E-state index in [4.69, 9.17) is 0 Å². The highest BCUT2D eigenvalue weighted by atomic mass is 16.3. The van der Waals surface area contributed by atoms with Crippen molar-refractivity contribution in [3.8, 4) is 0 Å². The fourth-order valence-corrected chi connectivity index (χ4v) is 1.99. The molecule has 0 bridgehead atoms. The van der Waals surface area contributed by atoms with E-state index >= 15 is 0 Å². The molecule has 2 nitrogen and oxygen atoms in total. The summed E-state index contributed by atoms with van der Waals surface area (Å²) in [6.45, 7) is 9.61. The van der Waals surface area contributed by atoms with Crippen molar-refractivity contribution in [1.29, 1.82) is 0 Å². The first kappa shape index (κ1) is 11.0. The SMILES string of the molecule is CC1CCNC(C(O)C(C)(C)C)C1. The van der Waals surface area contributed by atoms with Crippen molar-refractivity contribution in [3.63, 3.8) is 0 Å². The third kappa shape index (κ3) is 2.96. The molecule has 3 unspecified atom stereocenters. The van der Waals surface area contributed by atoms with Gasteiger partial charge in [0.25, 0.3) is 0 Å². The molecule has 0 aliphatic carbocycles. The lowest BCUT2D eigenvalue weighted by Gasteiger charge is -2.37. The Balaban J connectivity index is 2.51. The number of hydrogen-bond acceptors (Lipinski definition) is 2. The highest BCUT2D eigenvalue weighted by molar-refractivity contribution is 4.88. The fourth-order valence-electron chi connectivity index (χ4n) is 1.99. The van der Waals surface area contributed by atoms with Crippen LogP contribution in [0.1, 0.15) is 40.5 Å². The lowest BCUT2D eigenvalue weighted by atomic mass is 9.80. The van der Waals surface area contributed by atoms with Crippen molar-refractivity contribution in [3.05, 3.63) is 0 Å². The van der Waals surface area contributed by atoms with Crippen LogP contribution in [0.3, 0.4) is 0 Å². The summed E-state index contributed by atoms with van der Waals surface area (Å²) >= 11 is 0. The zero-order valence-electron chi connectivity index (χ0n) is 9.30. The van der Waals surface area contributed by atoms with Gasteiger partial charge >= 0.3 is 0 Å². The summed E-state index contributed by atoms with van der Waals surface area (Å²) in [5.74, 6) is 0.753. The highest BCUT2D eigenvalue weighted by Gasteiger charge is 2.32. The second-order valence-corrected chi connectivity index (χ2v) is 5.50. The molecule has 1 aliphatic heterocycles. The quantitative estimate of drug-likeness (QED) is 0.652. The van der Waals surface area contributed by atoms with Crippen molar-refractivity contribution in [2.24, 2.45) is 11.3 Å². The van der Waals surface area contributed by atoms with Crippen LogP contribution in [0.25, 0.3) is 0 Å². The molecule has 1 rings (SSSR count). The van der Waals surface area contributed by atoms with Crippen LogP contribution in [0.15, 0.2) is 0 Å². The van der Waals surface area contributed by atoms with Gasteiger partial charge < -0.3 is 10.4 Å². The molecule has 3 atom stereocenters. The highest BCUT2D eigenvalue weighted by Crippen LogP contribution is 2.27. The van der Waals surface area contributed by atoms with Crippen LogP contribution in [-0.2, 0) is 0 Å². The van der Waals surface area contributed by atoms with Gasteiger partial charge in [-0.1, -0.05) is 27.7 Å². The van der Waals surface area contributed by atoms with Crippen LogP contribution in [0, 0.1) is 11.3 Å². The molecule has 0 spiro atoms. The smallest absolute Gasteiger partial charge is 0.0741 e. The second kappa shape index (κ2) is 3.97. The van der Waals surface area contributed by atoms with E-state index in [0.717, 1.165) is 18.9 Å². The van der Waals surface area contributed by atoms with Crippen molar-refractivity contribution in [1.82, 2.24) is 5.32 Å². The third-order valence-electron chi connectivity index (χ3n) is 2.97. The van der Waals surface area contributed by atoms with Gasteiger partial charge in [-0.3, -0.25) is 0 Å². The Bertz CT molecular complexity index is 162. The molecule has 0 amide bonds. The first-order chi connectivity index (χ1) is 5.91. The van der Waals surface area contributed by atoms with Crippen LogP contribution >= 0.6 is 0 Å². The summed E-state index contributed by atoms with van der Waals surface area (Å²) in [5, 5.41) is 13.5. The average molecular weight is 185 g/mol. The molecule has 0 aromatic heterocycles. The second-order valence-electron chi connectivity index (χ2n) is 5.50. The number of piperidine rings is 1. The molecule has 0 aromatic rings. The largest absolute Gasteiger partial charge is 0.391 e. The summed E-state index contributed by atoms with van der Waals surface area (Å²) < 4.78 is 0. The van der Waals surface area contributed by atoms with E-state index < -0.39 is 0 Å². The van der Waals surface area contributed by atoms with E-state index in [1.165, 1.54) is 6.42 Å². The Kier molecular flexibility index (Phi) is 3.36. The maximum absolute atomic E-state index is 10.1. The van der Waals surface area contributed by atoms with Gasteiger partial charge in [0.05, 0.1) is 6.10 Å². The average Bonchev–Trinajstić information content (AvgIpc) is 2.01. The molecular formula is C11H23NO. The van der Waals surface area contributed by atoms with Crippen molar-refractivity contribution in [2.45, 2.75) is 52.7 Å². The van der Waals surface area contributed by atoms with Crippen molar-refractivity contribution in [2.75, 3.05) is 6.54 Å². The summed E-state index contributed by atoms with van der Waals surface area (Å²) in [6.07, 6.45) is 2.13. The predicted molar refractivity (Wildman–Crippen MR) is 55.7 cm³/mol. The van der Waals surface area contributed by atoms with Gasteiger partial charge in [0, 0.05) is 6.04 Å². The minimum atomic E-state index is -0.227. The Morgan fingerprint density at radius 2 is 2.00 bits per heavy atom. The molecule has 0 saturated carbocycles. The summed E-state index contributed by atoms with van der Waals surface area (Å²) in [7, 11) is 0.